The maximum atomic E-state index is 13.8. The van der Waals surface area contributed by atoms with Crippen molar-refractivity contribution >= 4 is 23.8 Å². The Bertz CT molecular complexity index is 1430. The number of carbonyl (C=O) groups excluding carboxylic acids is 1. The van der Waals surface area contributed by atoms with Gasteiger partial charge in [-0.2, -0.15) is 0 Å². The minimum atomic E-state index is -1.26. The normalized spacial score (nSPS) is 30.8. The molecule has 5 aliphatic rings. The van der Waals surface area contributed by atoms with Crippen LogP contribution in [0.3, 0.4) is 0 Å². The fraction of sp³-hybridized carbons (Fsp3) is 0.387. The monoisotopic (exact) mass is 545 g/mol. The molecule has 208 valence electrons. The first kappa shape index (κ1) is 26.3. The van der Waals surface area contributed by atoms with Crippen molar-refractivity contribution in [3.63, 3.8) is 0 Å². The Morgan fingerprint density at radius 1 is 1.05 bits per heavy atom. The zero-order valence-electron chi connectivity index (χ0n) is 21.8. The number of carbonyl (C=O) groups is 3. The number of rotatable bonds is 5. The molecule has 2 aromatic carbocycles. The number of benzene rings is 2. The summed E-state index contributed by atoms with van der Waals surface area (Å²) in [6.45, 7) is 1.86. The highest BCUT2D eigenvalue weighted by atomic mass is 16.5. The number of ether oxygens (including phenoxy) is 1. The van der Waals surface area contributed by atoms with Gasteiger partial charge in [-0.3, -0.25) is 9.69 Å². The molecule has 3 aliphatic carbocycles. The Balaban J connectivity index is 0.000000319. The summed E-state index contributed by atoms with van der Waals surface area (Å²) in [5.74, 6) is -1.37. The van der Waals surface area contributed by atoms with Gasteiger partial charge in [0.2, 0.25) is 0 Å². The molecule has 0 unspecified atom stereocenters. The number of hydrogen-bond acceptors (Lipinski definition) is 7. The minimum absolute atomic E-state index is 0.0572. The number of likely N-dealkylation sites (tertiary alicyclic amines) is 1. The third-order valence-corrected chi connectivity index (χ3v) is 9.04. The molecule has 40 heavy (non-hydrogen) atoms. The molecular weight excluding hydrogens is 514 g/mol. The number of nitrogens with zero attached hydrogens (tertiary/aromatic N) is 1. The van der Waals surface area contributed by atoms with Gasteiger partial charge < -0.3 is 25.2 Å². The van der Waals surface area contributed by atoms with E-state index in [4.69, 9.17) is 14.9 Å². The second-order valence-corrected chi connectivity index (χ2v) is 11.4. The van der Waals surface area contributed by atoms with Gasteiger partial charge in [-0.25, -0.2) is 9.59 Å². The van der Waals surface area contributed by atoms with Crippen molar-refractivity contribution in [2.45, 2.75) is 55.3 Å². The SMILES string of the molecule is O=C(O)/C=C\C(=O)O.O=C1/C(=C/c2ccccc2)C[C@@]2(O)[C@H]3Cc4ccc(O)c5c4[C@@]2(CCN3CC2CC2)[C@H]1O5. The summed E-state index contributed by atoms with van der Waals surface area (Å²) in [5, 5.41) is 38.8. The molecule has 0 aromatic heterocycles. The molecule has 2 heterocycles. The number of Topliss-reactive ketones (excluding diaryl/α,β-unsaturated/α-hetero) is 1. The lowest BCUT2D eigenvalue weighted by Crippen LogP contribution is -2.77. The van der Waals surface area contributed by atoms with Crippen LogP contribution in [-0.2, 0) is 26.2 Å². The van der Waals surface area contributed by atoms with Crippen molar-refractivity contribution in [3.05, 3.63) is 76.9 Å². The Labute approximate surface area is 231 Å². The first-order chi connectivity index (χ1) is 19.1. The van der Waals surface area contributed by atoms with Crippen molar-refractivity contribution < 1.29 is 39.5 Å². The third kappa shape index (κ3) is 4.12. The van der Waals surface area contributed by atoms with Gasteiger partial charge in [-0.05, 0) is 61.4 Å². The smallest absolute Gasteiger partial charge is 0.328 e. The summed E-state index contributed by atoms with van der Waals surface area (Å²) >= 11 is 0. The van der Waals surface area contributed by atoms with Gasteiger partial charge >= 0.3 is 11.9 Å². The number of ketones is 1. The van der Waals surface area contributed by atoms with Crippen LogP contribution in [0.1, 0.15) is 42.4 Å². The van der Waals surface area contributed by atoms with Crippen molar-refractivity contribution in [1.82, 2.24) is 4.90 Å². The lowest BCUT2D eigenvalue weighted by Gasteiger charge is -2.62. The van der Waals surface area contributed by atoms with Crippen LogP contribution in [0.2, 0.25) is 0 Å². The second kappa shape index (κ2) is 9.60. The van der Waals surface area contributed by atoms with E-state index in [0.29, 0.717) is 36.3 Å². The van der Waals surface area contributed by atoms with E-state index < -0.39 is 29.1 Å². The molecule has 2 saturated carbocycles. The maximum absolute atomic E-state index is 13.8. The third-order valence-electron chi connectivity index (χ3n) is 9.04. The van der Waals surface area contributed by atoms with E-state index >= 15 is 0 Å². The largest absolute Gasteiger partial charge is 0.504 e. The molecule has 9 nitrogen and oxygen atoms in total. The standard InChI is InChI=1S/C27H27NO4.C4H4O4/c29-20-9-8-18-13-21-27(31)14-19(12-16-4-2-1-3-5-16)23(30)25-26(27,22(18)24(20)32-25)10-11-28(21)15-17-6-7-17;5-3(6)1-2-4(7)8/h1-5,8-9,12,17,21,25,29,31H,6-7,10-11,13-15H2;1-2H,(H,5,6)(H,7,8)/b19-12+;2-1-/t21-,25+,26+,27-;/m1./s1. The van der Waals surface area contributed by atoms with Gasteiger partial charge in [0.25, 0.3) is 0 Å². The summed E-state index contributed by atoms with van der Waals surface area (Å²) in [4.78, 5) is 35.4. The van der Waals surface area contributed by atoms with Crippen LogP contribution in [0.25, 0.3) is 6.08 Å². The van der Waals surface area contributed by atoms with Crippen molar-refractivity contribution in [2.24, 2.45) is 5.92 Å². The summed E-state index contributed by atoms with van der Waals surface area (Å²) in [6.07, 6.45) is 6.49. The zero-order chi connectivity index (χ0) is 28.2. The summed E-state index contributed by atoms with van der Waals surface area (Å²) in [5.41, 5.74) is 1.67. The van der Waals surface area contributed by atoms with E-state index in [1.54, 1.807) is 6.07 Å². The predicted molar refractivity (Wildman–Crippen MR) is 144 cm³/mol. The highest BCUT2D eigenvalue weighted by molar-refractivity contribution is 6.06. The molecule has 7 rings (SSSR count). The fourth-order valence-corrected chi connectivity index (χ4v) is 7.20. The molecule has 0 amide bonds. The molecular formula is C31H31NO8. The first-order valence-corrected chi connectivity index (χ1v) is 13.6. The van der Waals surface area contributed by atoms with Crippen molar-refractivity contribution in [2.75, 3.05) is 13.1 Å². The van der Waals surface area contributed by atoms with Gasteiger partial charge in [0.1, 0.15) is 0 Å². The number of aromatic hydroxyl groups is 1. The predicted octanol–water partition coefficient (Wildman–Crippen LogP) is 2.93. The van der Waals surface area contributed by atoms with Crippen LogP contribution in [-0.4, -0.2) is 73.9 Å². The van der Waals surface area contributed by atoms with Gasteiger partial charge in [-0.15, -0.1) is 0 Å². The number of phenols is 1. The van der Waals surface area contributed by atoms with Gasteiger partial charge in [0.15, 0.2) is 23.4 Å². The number of hydrogen-bond donors (Lipinski definition) is 4. The number of piperidine rings is 1. The Kier molecular flexibility index (Phi) is 6.31. The Hall–Kier alpha value is -3.95. The van der Waals surface area contributed by atoms with E-state index in [1.165, 1.54) is 12.8 Å². The van der Waals surface area contributed by atoms with E-state index in [1.807, 2.05) is 42.5 Å². The second-order valence-electron chi connectivity index (χ2n) is 11.4. The number of phenolic OH excluding ortho intramolecular Hbond substituents is 1. The van der Waals surface area contributed by atoms with E-state index in [-0.39, 0.29) is 17.6 Å². The van der Waals surface area contributed by atoms with Crippen LogP contribution in [0.15, 0.2) is 60.2 Å². The average molecular weight is 546 g/mol. The minimum Gasteiger partial charge on any atom is -0.504 e. The average Bonchev–Trinajstić information content (AvgIpc) is 3.66. The van der Waals surface area contributed by atoms with E-state index in [0.717, 1.165) is 42.1 Å². The van der Waals surface area contributed by atoms with Crippen molar-refractivity contribution in [1.29, 1.82) is 0 Å². The molecule has 2 aliphatic heterocycles. The molecule has 4 atom stereocenters. The summed E-state index contributed by atoms with van der Waals surface area (Å²) < 4.78 is 6.26. The quantitative estimate of drug-likeness (QED) is 0.417. The zero-order valence-corrected chi connectivity index (χ0v) is 21.8. The molecule has 1 saturated heterocycles. The highest BCUT2D eigenvalue weighted by Crippen LogP contribution is 2.65. The first-order valence-electron chi connectivity index (χ1n) is 13.6. The summed E-state index contributed by atoms with van der Waals surface area (Å²) in [6, 6.07) is 13.4. The molecule has 0 radical (unpaired) electrons. The van der Waals surface area contributed by atoms with Gasteiger partial charge in [0, 0.05) is 42.3 Å². The highest BCUT2D eigenvalue weighted by Gasteiger charge is 2.74. The molecule has 9 heteroatoms. The number of aliphatic hydroxyl groups is 1. The molecule has 3 fully saturated rings. The van der Waals surface area contributed by atoms with E-state index in [9.17, 15) is 24.6 Å². The molecule has 1 spiro atoms. The van der Waals surface area contributed by atoms with Crippen LogP contribution in [0, 0.1) is 5.92 Å². The van der Waals surface area contributed by atoms with Gasteiger partial charge in [0.05, 0.1) is 11.0 Å². The molecule has 4 N–H and O–H groups in total. The number of carboxylic acid groups (broad SMARTS) is 2. The maximum Gasteiger partial charge on any atom is 0.328 e. The van der Waals surface area contributed by atoms with Crippen LogP contribution < -0.4 is 4.74 Å². The topological polar surface area (TPSA) is 145 Å². The number of carboxylic acids is 2. The van der Waals surface area contributed by atoms with Crippen LogP contribution >= 0.6 is 0 Å². The lowest BCUT2D eigenvalue weighted by molar-refractivity contribution is -0.179. The molecule has 2 aromatic rings. The van der Waals surface area contributed by atoms with E-state index in [2.05, 4.69) is 4.90 Å². The lowest BCUT2D eigenvalue weighted by atomic mass is 9.48. The Morgan fingerprint density at radius 3 is 2.40 bits per heavy atom. The van der Waals surface area contributed by atoms with Crippen molar-refractivity contribution in [3.8, 4) is 11.5 Å². The molecule has 2 bridgehead atoms. The van der Waals surface area contributed by atoms with Crippen LogP contribution in [0.4, 0.5) is 0 Å². The fourth-order valence-electron chi connectivity index (χ4n) is 7.20. The number of aliphatic carboxylic acids is 2. The van der Waals surface area contributed by atoms with Gasteiger partial charge in [-0.1, -0.05) is 36.4 Å². The Morgan fingerprint density at radius 2 is 1.75 bits per heavy atom. The van der Waals surface area contributed by atoms with Crippen LogP contribution in [0.5, 0.6) is 11.5 Å². The summed E-state index contributed by atoms with van der Waals surface area (Å²) in [7, 11) is 0.